The molecule has 0 aliphatic heterocycles. The van der Waals surface area contributed by atoms with Crippen LogP contribution in [0.15, 0.2) is 12.1 Å². The van der Waals surface area contributed by atoms with Crippen molar-refractivity contribution in [1.29, 1.82) is 0 Å². The fourth-order valence-corrected chi connectivity index (χ4v) is 1.37. The van der Waals surface area contributed by atoms with E-state index in [-0.39, 0.29) is 17.5 Å². The Labute approximate surface area is 92.9 Å². The number of rotatable bonds is 4. The number of carbonyl (C=O) groups is 1. The van der Waals surface area contributed by atoms with Crippen LogP contribution in [-0.4, -0.2) is 11.1 Å². The van der Waals surface area contributed by atoms with Crippen molar-refractivity contribution in [1.82, 2.24) is 0 Å². The number of aliphatic carboxylic acids is 1. The van der Waals surface area contributed by atoms with Crippen molar-refractivity contribution in [3.8, 4) is 0 Å². The van der Waals surface area contributed by atoms with Gasteiger partial charge in [0, 0.05) is 0 Å². The minimum atomic E-state index is -0.923. The molecule has 1 aromatic carbocycles. The molecular weight excluding hydrogens is 214 g/mol. The number of hydrogen-bond acceptors (Lipinski definition) is 1. The van der Waals surface area contributed by atoms with Gasteiger partial charge in [-0.05, 0) is 43.0 Å². The number of aryl methyl sites for hydroxylation is 2. The van der Waals surface area contributed by atoms with Gasteiger partial charge in [-0.3, -0.25) is 4.79 Å². The largest absolute Gasteiger partial charge is 0.481 e. The van der Waals surface area contributed by atoms with Crippen LogP contribution in [0.2, 0.25) is 0 Å². The van der Waals surface area contributed by atoms with Crippen molar-refractivity contribution in [2.45, 2.75) is 26.7 Å². The van der Waals surface area contributed by atoms with Gasteiger partial charge in [0.15, 0.2) is 0 Å². The van der Waals surface area contributed by atoms with Crippen molar-refractivity contribution >= 4 is 5.97 Å². The first-order chi connectivity index (χ1) is 7.41. The molecule has 0 amide bonds. The maximum absolute atomic E-state index is 13.4. The zero-order valence-corrected chi connectivity index (χ0v) is 9.26. The van der Waals surface area contributed by atoms with Crippen LogP contribution in [0.1, 0.15) is 24.5 Å². The number of carboxylic acids is 1. The molecule has 0 heterocycles. The van der Waals surface area contributed by atoms with E-state index in [0.717, 1.165) is 12.1 Å². The van der Waals surface area contributed by atoms with Gasteiger partial charge in [-0.1, -0.05) is 6.92 Å². The van der Waals surface area contributed by atoms with E-state index in [9.17, 15) is 13.6 Å². The molecule has 16 heavy (non-hydrogen) atoms. The summed E-state index contributed by atoms with van der Waals surface area (Å²) in [5.74, 6) is -2.41. The van der Waals surface area contributed by atoms with Crippen molar-refractivity contribution in [3.05, 3.63) is 34.9 Å². The van der Waals surface area contributed by atoms with Crippen LogP contribution >= 0.6 is 0 Å². The van der Waals surface area contributed by atoms with E-state index >= 15 is 0 Å². The highest BCUT2D eigenvalue weighted by molar-refractivity contribution is 5.69. The third-order valence-electron chi connectivity index (χ3n) is 2.60. The van der Waals surface area contributed by atoms with Crippen molar-refractivity contribution in [2.75, 3.05) is 0 Å². The molecule has 1 unspecified atom stereocenters. The van der Waals surface area contributed by atoms with Gasteiger partial charge in [-0.2, -0.15) is 0 Å². The number of hydrogen-bond donors (Lipinski definition) is 1. The lowest BCUT2D eigenvalue weighted by Crippen LogP contribution is -2.10. The smallest absolute Gasteiger partial charge is 0.306 e. The minimum Gasteiger partial charge on any atom is -0.481 e. The molecule has 0 saturated carbocycles. The Balaban J connectivity index is 2.74. The summed E-state index contributed by atoms with van der Waals surface area (Å²) >= 11 is 0. The molecule has 2 nitrogen and oxygen atoms in total. The number of carboxylic acid groups (broad SMARTS) is 1. The number of benzene rings is 1. The van der Waals surface area contributed by atoms with E-state index in [4.69, 9.17) is 5.11 Å². The molecule has 0 bridgehead atoms. The Hall–Kier alpha value is -1.45. The summed E-state index contributed by atoms with van der Waals surface area (Å²) in [5.41, 5.74) is 0.490. The molecule has 4 heteroatoms. The van der Waals surface area contributed by atoms with Crippen molar-refractivity contribution in [3.63, 3.8) is 0 Å². The standard InChI is InChI=1S/C12H14F2O2/c1-7(12(15)16)3-4-9-6-10(13)8(2)5-11(9)14/h5-7H,3-4H2,1-2H3,(H,15,16). The molecule has 88 valence electrons. The van der Waals surface area contributed by atoms with Crippen molar-refractivity contribution < 1.29 is 18.7 Å². The summed E-state index contributed by atoms with van der Waals surface area (Å²) in [7, 11) is 0. The summed E-state index contributed by atoms with van der Waals surface area (Å²) in [5, 5.41) is 8.66. The van der Waals surface area contributed by atoms with Gasteiger partial charge >= 0.3 is 5.97 Å². The molecule has 1 rings (SSSR count). The highest BCUT2D eigenvalue weighted by Gasteiger charge is 2.13. The zero-order valence-electron chi connectivity index (χ0n) is 9.26. The molecule has 0 saturated heterocycles. The second-order valence-corrected chi connectivity index (χ2v) is 3.97. The van der Waals surface area contributed by atoms with E-state index in [1.165, 1.54) is 6.92 Å². The van der Waals surface area contributed by atoms with Crippen molar-refractivity contribution in [2.24, 2.45) is 5.92 Å². The van der Waals surface area contributed by atoms with E-state index in [1.807, 2.05) is 0 Å². The fraction of sp³-hybridized carbons (Fsp3) is 0.417. The van der Waals surface area contributed by atoms with Gasteiger partial charge < -0.3 is 5.11 Å². The minimum absolute atomic E-state index is 0.233. The highest BCUT2D eigenvalue weighted by Crippen LogP contribution is 2.17. The monoisotopic (exact) mass is 228 g/mol. The maximum atomic E-state index is 13.4. The van der Waals surface area contributed by atoms with Crippen LogP contribution in [0.5, 0.6) is 0 Å². The average Bonchev–Trinajstić information content (AvgIpc) is 2.20. The first kappa shape index (κ1) is 12.6. The van der Waals surface area contributed by atoms with Gasteiger partial charge in [0.1, 0.15) is 11.6 Å². The second-order valence-electron chi connectivity index (χ2n) is 3.97. The lowest BCUT2D eigenvalue weighted by molar-refractivity contribution is -0.141. The normalized spacial score (nSPS) is 12.5. The van der Waals surface area contributed by atoms with Crippen LogP contribution in [0, 0.1) is 24.5 Å². The summed E-state index contributed by atoms with van der Waals surface area (Å²) in [6.07, 6.45) is 0.533. The Kier molecular flexibility index (Phi) is 3.99. The lowest BCUT2D eigenvalue weighted by atomic mass is 10.00. The first-order valence-electron chi connectivity index (χ1n) is 5.09. The van der Waals surface area contributed by atoms with Gasteiger partial charge in [-0.25, -0.2) is 8.78 Å². The van der Waals surface area contributed by atoms with Gasteiger partial charge in [0.05, 0.1) is 5.92 Å². The molecule has 0 spiro atoms. The van der Waals surface area contributed by atoms with Crippen LogP contribution in [0.4, 0.5) is 8.78 Å². The van der Waals surface area contributed by atoms with Crippen LogP contribution in [-0.2, 0) is 11.2 Å². The average molecular weight is 228 g/mol. The summed E-state index contributed by atoms with van der Waals surface area (Å²) in [4.78, 5) is 10.6. The maximum Gasteiger partial charge on any atom is 0.306 e. The van der Waals surface area contributed by atoms with E-state index in [0.29, 0.717) is 6.42 Å². The predicted molar refractivity (Wildman–Crippen MR) is 56.2 cm³/mol. The van der Waals surface area contributed by atoms with Gasteiger partial charge in [0.2, 0.25) is 0 Å². The summed E-state index contributed by atoms with van der Waals surface area (Å²) < 4.78 is 26.5. The summed E-state index contributed by atoms with van der Waals surface area (Å²) in [6, 6.07) is 2.27. The Morgan fingerprint density at radius 1 is 1.38 bits per heavy atom. The zero-order chi connectivity index (χ0) is 12.3. The van der Waals surface area contributed by atoms with E-state index < -0.39 is 23.5 Å². The van der Waals surface area contributed by atoms with Crippen LogP contribution < -0.4 is 0 Å². The van der Waals surface area contributed by atoms with E-state index in [1.54, 1.807) is 6.92 Å². The third-order valence-corrected chi connectivity index (χ3v) is 2.60. The third kappa shape index (κ3) is 3.02. The molecule has 0 aliphatic carbocycles. The predicted octanol–water partition coefficient (Wildman–Crippen LogP) is 2.93. The van der Waals surface area contributed by atoms with Gasteiger partial charge in [0.25, 0.3) is 0 Å². The quantitative estimate of drug-likeness (QED) is 0.860. The second kappa shape index (κ2) is 5.05. The lowest BCUT2D eigenvalue weighted by Gasteiger charge is -2.08. The fourth-order valence-electron chi connectivity index (χ4n) is 1.37. The SMILES string of the molecule is Cc1cc(F)c(CCC(C)C(=O)O)cc1F. The molecular formula is C12H14F2O2. The Morgan fingerprint density at radius 2 is 2.00 bits per heavy atom. The topological polar surface area (TPSA) is 37.3 Å². The Morgan fingerprint density at radius 3 is 2.56 bits per heavy atom. The molecule has 1 N–H and O–H groups in total. The molecule has 0 radical (unpaired) electrons. The molecule has 1 aromatic rings. The molecule has 0 aromatic heterocycles. The highest BCUT2D eigenvalue weighted by atomic mass is 19.1. The van der Waals surface area contributed by atoms with Crippen LogP contribution in [0.25, 0.3) is 0 Å². The number of halogens is 2. The molecule has 1 atom stereocenters. The molecule has 0 fully saturated rings. The molecule has 0 aliphatic rings. The first-order valence-corrected chi connectivity index (χ1v) is 5.09. The van der Waals surface area contributed by atoms with Gasteiger partial charge in [-0.15, -0.1) is 0 Å². The summed E-state index contributed by atoms with van der Waals surface area (Å²) in [6.45, 7) is 3.03. The van der Waals surface area contributed by atoms with E-state index in [2.05, 4.69) is 0 Å². The van der Waals surface area contributed by atoms with Crippen LogP contribution in [0.3, 0.4) is 0 Å². The Bertz CT molecular complexity index is 402.